The molecular formula is C4H13NO. The van der Waals surface area contributed by atoms with Gasteiger partial charge in [-0.15, -0.1) is 0 Å². The van der Waals surface area contributed by atoms with Crippen molar-refractivity contribution < 1.29 is 4.79 Å². The van der Waals surface area contributed by atoms with E-state index in [1.54, 1.807) is 0 Å². The first-order chi connectivity index (χ1) is 2.41. The number of hydrogen-bond acceptors (Lipinski definition) is 2. The minimum Gasteiger partial charge on any atom is -0.333 e. The van der Waals surface area contributed by atoms with E-state index in [0.717, 1.165) is 6.29 Å². The van der Waals surface area contributed by atoms with Crippen LogP contribution in [0.3, 0.4) is 0 Å². The Kier molecular flexibility index (Phi) is 447. The largest absolute Gasteiger partial charge is 0.333 e. The van der Waals surface area contributed by atoms with Gasteiger partial charge in [-0.2, -0.15) is 0 Å². The first kappa shape index (κ1) is 17.4. The van der Waals surface area contributed by atoms with E-state index in [1.807, 2.05) is 0 Å². The maximum atomic E-state index is 8.81. The molecule has 0 aromatic rings. The second kappa shape index (κ2) is 154. The van der Waals surface area contributed by atoms with Gasteiger partial charge in [-0.1, -0.05) is 7.43 Å². The lowest BCUT2D eigenvalue weighted by atomic mass is 11.0. The Morgan fingerprint density at radius 3 is 1.50 bits per heavy atom. The first-order valence-corrected chi connectivity index (χ1v) is 1.39. The van der Waals surface area contributed by atoms with Crippen molar-refractivity contribution in [3.63, 3.8) is 0 Å². The molecule has 0 unspecified atom stereocenters. The summed E-state index contributed by atoms with van der Waals surface area (Å²) in [7, 11) is 1.50. The van der Waals surface area contributed by atoms with Gasteiger partial charge in [-0.05, 0) is 14.0 Å². The average Bonchev–Trinajstić information content (AvgIpc) is 1.46. The van der Waals surface area contributed by atoms with E-state index in [4.69, 9.17) is 4.79 Å². The number of nitrogens with two attached hydrogens (primary N) is 1. The van der Waals surface area contributed by atoms with Gasteiger partial charge in [0.05, 0.1) is 0 Å². The monoisotopic (exact) mass is 91.1 g/mol. The summed E-state index contributed by atoms with van der Waals surface area (Å²) >= 11 is 0. The molecule has 0 heterocycles. The summed E-state index contributed by atoms with van der Waals surface area (Å²) in [5.74, 6) is 0. The third kappa shape index (κ3) is 183. The van der Waals surface area contributed by atoms with Gasteiger partial charge in [0, 0.05) is 0 Å². The van der Waals surface area contributed by atoms with Crippen LogP contribution in [0.1, 0.15) is 14.4 Å². The summed E-state index contributed by atoms with van der Waals surface area (Å²) in [6.07, 6.45) is 0.750. The summed E-state index contributed by atoms with van der Waals surface area (Å²) in [5.41, 5.74) is 4.50. The SMILES string of the molecule is C.CC=O.CN. The highest BCUT2D eigenvalue weighted by Gasteiger charge is 1.24. The van der Waals surface area contributed by atoms with Crippen LogP contribution in [0.25, 0.3) is 0 Å². The van der Waals surface area contributed by atoms with Crippen molar-refractivity contribution in [1.29, 1.82) is 0 Å². The van der Waals surface area contributed by atoms with Crippen molar-refractivity contribution in [3.8, 4) is 0 Å². The van der Waals surface area contributed by atoms with Crippen LogP contribution in [0.2, 0.25) is 0 Å². The molecule has 2 nitrogen and oxygen atoms in total. The van der Waals surface area contributed by atoms with Crippen LogP contribution < -0.4 is 5.73 Å². The van der Waals surface area contributed by atoms with Crippen molar-refractivity contribution in [2.24, 2.45) is 5.73 Å². The Balaban J connectivity index is -0.0000000275. The molecule has 0 fully saturated rings. The van der Waals surface area contributed by atoms with Gasteiger partial charge in [0.25, 0.3) is 0 Å². The van der Waals surface area contributed by atoms with Crippen LogP contribution in [0.5, 0.6) is 0 Å². The number of rotatable bonds is 0. The van der Waals surface area contributed by atoms with Crippen LogP contribution in [-0.4, -0.2) is 13.3 Å². The number of aldehydes is 1. The molecule has 0 rings (SSSR count). The van der Waals surface area contributed by atoms with Crippen LogP contribution >= 0.6 is 0 Å². The van der Waals surface area contributed by atoms with E-state index < -0.39 is 0 Å². The zero-order valence-corrected chi connectivity index (χ0v) is 3.56. The molecule has 2 N–H and O–H groups in total. The molecule has 0 saturated heterocycles. The Morgan fingerprint density at radius 2 is 1.50 bits per heavy atom. The van der Waals surface area contributed by atoms with Gasteiger partial charge in [-0.3, -0.25) is 0 Å². The molecule has 0 aliphatic heterocycles. The zero-order chi connectivity index (χ0) is 4.71. The fourth-order valence-corrected chi connectivity index (χ4v) is 0. The molecule has 0 bridgehead atoms. The van der Waals surface area contributed by atoms with Gasteiger partial charge < -0.3 is 10.5 Å². The van der Waals surface area contributed by atoms with E-state index in [2.05, 4.69) is 5.73 Å². The Morgan fingerprint density at radius 1 is 1.50 bits per heavy atom. The standard InChI is InChI=1S/C2H4O.CH5N.CH4/c1-2-3;1-2;/h2H,1H3;2H2,1H3;1H4. The fourth-order valence-electron chi connectivity index (χ4n) is 0. The van der Waals surface area contributed by atoms with Gasteiger partial charge in [-0.25, -0.2) is 0 Å². The summed E-state index contributed by atoms with van der Waals surface area (Å²) in [4.78, 5) is 8.81. The van der Waals surface area contributed by atoms with Crippen molar-refractivity contribution in [1.82, 2.24) is 0 Å². The molecule has 2 heteroatoms. The average molecular weight is 91.2 g/mol. The molecule has 0 atom stereocenters. The lowest BCUT2D eigenvalue weighted by molar-refractivity contribution is -0.106. The minimum absolute atomic E-state index is 0. The van der Waals surface area contributed by atoms with Crippen LogP contribution in [0.15, 0.2) is 0 Å². The van der Waals surface area contributed by atoms with E-state index in [9.17, 15) is 0 Å². The van der Waals surface area contributed by atoms with Crippen LogP contribution in [0, 0.1) is 0 Å². The van der Waals surface area contributed by atoms with E-state index in [-0.39, 0.29) is 7.43 Å². The molecule has 0 aliphatic carbocycles. The van der Waals surface area contributed by atoms with E-state index >= 15 is 0 Å². The second-order valence-electron chi connectivity index (χ2n) is 0.236. The van der Waals surface area contributed by atoms with E-state index in [0.29, 0.717) is 0 Å². The number of carbonyl (C=O) groups is 1. The molecule has 0 amide bonds. The Hall–Kier alpha value is -0.370. The predicted molar refractivity (Wildman–Crippen MR) is 28.6 cm³/mol. The quantitative estimate of drug-likeness (QED) is 0.439. The first-order valence-electron chi connectivity index (χ1n) is 1.39. The number of hydrogen-bond donors (Lipinski definition) is 1. The van der Waals surface area contributed by atoms with Crippen molar-refractivity contribution >= 4 is 6.29 Å². The van der Waals surface area contributed by atoms with E-state index in [1.165, 1.54) is 14.0 Å². The van der Waals surface area contributed by atoms with Gasteiger partial charge >= 0.3 is 0 Å². The topological polar surface area (TPSA) is 43.1 Å². The highest BCUT2D eigenvalue weighted by Crippen LogP contribution is 1.13. The van der Waals surface area contributed by atoms with Crippen molar-refractivity contribution in [2.75, 3.05) is 7.05 Å². The normalized spacial score (nSPS) is 3.17. The highest BCUT2D eigenvalue weighted by atomic mass is 16.1. The molecule has 0 radical (unpaired) electrons. The Labute approximate surface area is 39.3 Å². The maximum Gasteiger partial charge on any atom is 0.116 e. The van der Waals surface area contributed by atoms with Gasteiger partial charge in [0.1, 0.15) is 6.29 Å². The smallest absolute Gasteiger partial charge is 0.116 e. The molecule has 0 aliphatic rings. The zero-order valence-electron chi connectivity index (χ0n) is 3.56. The fraction of sp³-hybridized carbons (Fsp3) is 0.750. The highest BCUT2D eigenvalue weighted by molar-refractivity contribution is 5.44. The minimum atomic E-state index is 0. The number of carbonyl (C=O) groups excluding carboxylic acids is 1. The lowest BCUT2D eigenvalue weighted by Crippen LogP contribution is -1.69. The van der Waals surface area contributed by atoms with Crippen LogP contribution in [0.4, 0.5) is 0 Å². The third-order valence-electron chi connectivity index (χ3n) is 0. The van der Waals surface area contributed by atoms with Crippen molar-refractivity contribution in [3.05, 3.63) is 0 Å². The summed E-state index contributed by atoms with van der Waals surface area (Å²) < 4.78 is 0. The second-order valence-corrected chi connectivity index (χ2v) is 0.236. The van der Waals surface area contributed by atoms with Crippen LogP contribution in [-0.2, 0) is 4.79 Å². The Bertz CT molecular complexity index is 15.0. The molecule has 0 spiro atoms. The third-order valence-corrected chi connectivity index (χ3v) is 0. The molecule has 0 saturated carbocycles. The van der Waals surface area contributed by atoms with Gasteiger partial charge in [0.15, 0.2) is 0 Å². The molecule has 6 heavy (non-hydrogen) atoms. The molecule has 0 aromatic heterocycles. The summed E-state index contributed by atoms with van der Waals surface area (Å²) in [5, 5.41) is 0. The maximum absolute atomic E-state index is 8.81. The molecule has 0 aromatic carbocycles. The summed E-state index contributed by atoms with van der Waals surface area (Å²) in [6.45, 7) is 1.44. The lowest BCUT2D eigenvalue weighted by Gasteiger charge is -1.23. The van der Waals surface area contributed by atoms with Gasteiger partial charge in [0.2, 0.25) is 0 Å². The van der Waals surface area contributed by atoms with Crippen molar-refractivity contribution in [2.45, 2.75) is 14.4 Å². The molecular weight excluding hydrogens is 78.1 g/mol. The predicted octanol–water partition coefficient (Wildman–Crippen LogP) is 0.416. The summed E-state index contributed by atoms with van der Waals surface area (Å²) in [6, 6.07) is 0. The molecule has 40 valence electrons.